The van der Waals surface area contributed by atoms with E-state index >= 15 is 0 Å². The fourth-order valence-electron chi connectivity index (χ4n) is 2.79. The lowest BCUT2D eigenvalue weighted by atomic mass is 10.2. The Kier molecular flexibility index (Phi) is 7.81. The highest BCUT2D eigenvalue weighted by atomic mass is 35.5. The largest absolute Gasteiger partial charge is 0.496 e. The van der Waals surface area contributed by atoms with E-state index in [-0.39, 0.29) is 12.1 Å². The molecule has 6 nitrogen and oxygen atoms in total. The first kappa shape index (κ1) is 19.8. The molecule has 0 unspecified atom stereocenters. The zero-order valence-corrected chi connectivity index (χ0v) is 16.0. The van der Waals surface area contributed by atoms with Crippen LogP contribution >= 0.6 is 11.6 Å². The number of nitrogens with one attached hydrogen (secondary N) is 1. The Morgan fingerprint density at radius 1 is 1.44 bits per heavy atom. The summed E-state index contributed by atoms with van der Waals surface area (Å²) in [4.78, 5) is 16.4. The van der Waals surface area contributed by atoms with Crippen molar-refractivity contribution < 1.29 is 14.3 Å². The first-order chi connectivity index (χ1) is 12.0. The van der Waals surface area contributed by atoms with Crippen LogP contribution in [-0.2, 0) is 11.3 Å². The van der Waals surface area contributed by atoms with Crippen LogP contribution in [0.5, 0.6) is 5.75 Å². The van der Waals surface area contributed by atoms with Crippen molar-refractivity contribution in [3.63, 3.8) is 0 Å². The van der Waals surface area contributed by atoms with Gasteiger partial charge in [-0.15, -0.1) is 0 Å². The summed E-state index contributed by atoms with van der Waals surface area (Å²) in [6.45, 7) is 6.97. The summed E-state index contributed by atoms with van der Waals surface area (Å²) in [7, 11) is 3.38. The van der Waals surface area contributed by atoms with Gasteiger partial charge in [0, 0.05) is 43.3 Å². The minimum atomic E-state index is -0.100. The predicted octanol–water partition coefficient (Wildman–Crippen LogP) is 2.60. The topological polar surface area (TPSA) is 54.0 Å². The van der Waals surface area contributed by atoms with Gasteiger partial charge in [-0.25, -0.2) is 4.79 Å². The average Bonchev–Trinajstić information content (AvgIpc) is 2.61. The molecule has 1 aliphatic rings. The highest BCUT2D eigenvalue weighted by Gasteiger charge is 2.16. The summed E-state index contributed by atoms with van der Waals surface area (Å²) in [5.41, 5.74) is 0.883. The van der Waals surface area contributed by atoms with Crippen LogP contribution in [-0.4, -0.2) is 68.9 Å². The van der Waals surface area contributed by atoms with Gasteiger partial charge in [-0.3, -0.25) is 4.90 Å². The van der Waals surface area contributed by atoms with Gasteiger partial charge in [0.2, 0.25) is 0 Å². The molecule has 1 saturated heterocycles. The number of urea groups is 1. The van der Waals surface area contributed by atoms with Crippen molar-refractivity contribution in [2.24, 2.45) is 0 Å². The standard InChI is InChI=1S/C18H28ClN3O3/c1-14(6-7-22-8-10-25-11-9-22)20-18(23)21(2)13-15-12-16(19)4-5-17(15)24-3/h4-5,12,14H,6-11,13H2,1-3H3,(H,20,23)/t14-/m0/s1. The third-order valence-corrected chi connectivity index (χ3v) is 4.58. The van der Waals surface area contributed by atoms with Crippen molar-refractivity contribution in [2.45, 2.75) is 25.9 Å². The fourth-order valence-corrected chi connectivity index (χ4v) is 2.99. The second kappa shape index (κ2) is 9.85. The zero-order valence-electron chi connectivity index (χ0n) is 15.3. The van der Waals surface area contributed by atoms with Crippen LogP contribution in [0.25, 0.3) is 0 Å². The second-order valence-electron chi connectivity index (χ2n) is 6.41. The molecule has 7 heteroatoms. The van der Waals surface area contributed by atoms with E-state index in [1.807, 2.05) is 19.1 Å². The number of halogens is 1. The molecule has 0 spiro atoms. The van der Waals surface area contributed by atoms with Crippen molar-refractivity contribution in [2.75, 3.05) is 47.0 Å². The van der Waals surface area contributed by atoms with Crippen LogP contribution in [0.3, 0.4) is 0 Å². The van der Waals surface area contributed by atoms with E-state index in [0.717, 1.165) is 50.6 Å². The van der Waals surface area contributed by atoms with E-state index in [0.29, 0.717) is 11.6 Å². The first-order valence-electron chi connectivity index (χ1n) is 8.63. The number of carbonyl (C=O) groups is 1. The average molecular weight is 370 g/mol. The van der Waals surface area contributed by atoms with Crippen molar-refractivity contribution in [3.8, 4) is 5.75 Å². The Bertz CT molecular complexity index is 564. The smallest absolute Gasteiger partial charge is 0.317 e. The van der Waals surface area contributed by atoms with Crippen molar-refractivity contribution >= 4 is 17.6 Å². The highest BCUT2D eigenvalue weighted by Crippen LogP contribution is 2.23. The van der Waals surface area contributed by atoms with Crippen LogP contribution in [0.4, 0.5) is 4.79 Å². The molecule has 2 rings (SSSR count). The molecule has 1 heterocycles. The molecule has 1 N–H and O–H groups in total. The maximum atomic E-state index is 12.4. The molecule has 0 bridgehead atoms. The number of nitrogens with zero attached hydrogens (tertiary/aromatic N) is 2. The number of methoxy groups -OCH3 is 1. The Balaban J connectivity index is 1.80. The van der Waals surface area contributed by atoms with Crippen molar-refractivity contribution in [3.05, 3.63) is 28.8 Å². The quantitative estimate of drug-likeness (QED) is 0.802. The molecule has 1 aromatic carbocycles. The zero-order chi connectivity index (χ0) is 18.2. The van der Waals surface area contributed by atoms with E-state index in [4.69, 9.17) is 21.1 Å². The minimum Gasteiger partial charge on any atom is -0.496 e. The normalized spacial score (nSPS) is 16.3. The molecule has 1 atom stereocenters. The van der Waals surface area contributed by atoms with Gasteiger partial charge in [0.05, 0.1) is 26.9 Å². The molecular weight excluding hydrogens is 342 g/mol. The molecule has 0 aliphatic carbocycles. The molecule has 0 saturated carbocycles. The summed E-state index contributed by atoms with van der Waals surface area (Å²) in [5.74, 6) is 0.726. The van der Waals surface area contributed by atoms with Gasteiger partial charge in [0.25, 0.3) is 0 Å². The summed E-state index contributed by atoms with van der Waals surface area (Å²) < 4.78 is 10.7. The van der Waals surface area contributed by atoms with Crippen LogP contribution < -0.4 is 10.1 Å². The van der Waals surface area contributed by atoms with Gasteiger partial charge in [0.1, 0.15) is 5.75 Å². The maximum absolute atomic E-state index is 12.4. The lowest BCUT2D eigenvalue weighted by Gasteiger charge is -2.28. The number of carbonyl (C=O) groups excluding carboxylic acids is 1. The summed E-state index contributed by atoms with van der Waals surface area (Å²) in [6.07, 6.45) is 0.917. The Labute approximate surface area is 155 Å². The molecule has 25 heavy (non-hydrogen) atoms. The van der Waals surface area contributed by atoms with Crippen molar-refractivity contribution in [1.82, 2.24) is 15.1 Å². The van der Waals surface area contributed by atoms with Gasteiger partial charge in [-0.05, 0) is 31.5 Å². The van der Waals surface area contributed by atoms with Crippen LogP contribution in [0.15, 0.2) is 18.2 Å². The van der Waals surface area contributed by atoms with Crippen LogP contribution in [0.1, 0.15) is 18.9 Å². The second-order valence-corrected chi connectivity index (χ2v) is 6.84. The number of morpholine rings is 1. The van der Waals surface area contributed by atoms with Gasteiger partial charge in [-0.1, -0.05) is 11.6 Å². The summed E-state index contributed by atoms with van der Waals surface area (Å²) >= 11 is 6.05. The Morgan fingerprint density at radius 3 is 2.84 bits per heavy atom. The number of ether oxygens (including phenoxy) is 2. The molecule has 1 aliphatic heterocycles. The van der Waals surface area contributed by atoms with Gasteiger partial charge >= 0.3 is 6.03 Å². The lowest BCUT2D eigenvalue weighted by molar-refractivity contribution is 0.0364. The molecule has 1 fully saturated rings. The summed E-state index contributed by atoms with van der Waals surface area (Å²) in [6, 6.07) is 5.42. The number of benzene rings is 1. The third-order valence-electron chi connectivity index (χ3n) is 4.35. The molecule has 0 aromatic heterocycles. The maximum Gasteiger partial charge on any atom is 0.317 e. The molecule has 2 amide bonds. The first-order valence-corrected chi connectivity index (χ1v) is 9.01. The molecule has 140 valence electrons. The Morgan fingerprint density at radius 2 is 2.16 bits per heavy atom. The van der Waals surface area contributed by atoms with E-state index in [1.54, 1.807) is 25.1 Å². The van der Waals surface area contributed by atoms with Crippen LogP contribution in [0.2, 0.25) is 5.02 Å². The molecule has 1 aromatic rings. The van der Waals surface area contributed by atoms with Gasteiger partial charge in [0.15, 0.2) is 0 Å². The lowest BCUT2D eigenvalue weighted by Crippen LogP contribution is -2.44. The SMILES string of the molecule is COc1ccc(Cl)cc1CN(C)C(=O)N[C@@H](C)CCN1CCOCC1. The number of amides is 2. The predicted molar refractivity (Wildman–Crippen MR) is 99.3 cm³/mol. The van der Waals surface area contributed by atoms with Crippen molar-refractivity contribution in [1.29, 1.82) is 0 Å². The van der Waals surface area contributed by atoms with E-state index in [1.165, 1.54) is 0 Å². The van der Waals surface area contributed by atoms with E-state index in [2.05, 4.69) is 10.2 Å². The van der Waals surface area contributed by atoms with Crippen LogP contribution in [0, 0.1) is 0 Å². The highest BCUT2D eigenvalue weighted by molar-refractivity contribution is 6.30. The molecular formula is C18H28ClN3O3. The summed E-state index contributed by atoms with van der Waals surface area (Å²) in [5, 5.41) is 3.68. The Hall–Kier alpha value is -1.50. The number of hydrogen-bond acceptors (Lipinski definition) is 4. The minimum absolute atomic E-state index is 0.100. The fraction of sp³-hybridized carbons (Fsp3) is 0.611. The van der Waals surface area contributed by atoms with Gasteiger partial charge in [-0.2, -0.15) is 0 Å². The number of hydrogen-bond donors (Lipinski definition) is 1. The van der Waals surface area contributed by atoms with E-state index in [9.17, 15) is 4.79 Å². The molecule has 0 radical (unpaired) electrons. The van der Waals surface area contributed by atoms with Gasteiger partial charge < -0.3 is 19.7 Å². The van der Waals surface area contributed by atoms with E-state index < -0.39 is 0 Å². The third kappa shape index (κ3) is 6.38. The number of rotatable bonds is 7. The monoisotopic (exact) mass is 369 g/mol.